The summed E-state index contributed by atoms with van der Waals surface area (Å²) >= 11 is 0. The number of allylic oxidation sites excluding steroid dienone is 8. The molecule has 0 nitrogen and oxygen atoms in total. The Balaban J connectivity index is 1.80. The molecule has 2 unspecified atom stereocenters. The smallest absolute Gasteiger partial charge is 0.0284 e. The normalized spacial score (nSPS) is 46.8. The molecule has 2 fully saturated rings. The molecule has 4 aliphatic carbocycles. The first-order valence-corrected chi connectivity index (χ1v) is 10.7. The topological polar surface area (TPSA) is 0 Å². The van der Waals surface area contributed by atoms with Crippen molar-refractivity contribution in [3.8, 4) is 0 Å². The zero-order chi connectivity index (χ0) is 18.9. The molecule has 0 aromatic carbocycles. The molecule has 0 N–H and O–H groups in total. The third-order valence-corrected chi connectivity index (χ3v) is 9.18. The van der Waals surface area contributed by atoms with Crippen LogP contribution >= 0.6 is 0 Å². The summed E-state index contributed by atoms with van der Waals surface area (Å²) in [4.78, 5) is 0. The summed E-state index contributed by atoms with van der Waals surface area (Å²) in [5, 5.41) is 0. The van der Waals surface area contributed by atoms with Crippen molar-refractivity contribution >= 4 is 0 Å². The zero-order valence-electron chi connectivity index (χ0n) is 17.5. The van der Waals surface area contributed by atoms with Crippen molar-refractivity contribution in [1.82, 2.24) is 0 Å². The molecule has 0 radical (unpaired) electrons. The van der Waals surface area contributed by atoms with Gasteiger partial charge in [-0.15, -0.1) is 0 Å². The van der Waals surface area contributed by atoms with Crippen molar-refractivity contribution in [3.63, 3.8) is 0 Å². The van der Waals surface area contributed by atoms with Crippen molar-refractivity contribution in [3.05, 3.63) is 59.8 Å². The molecular formula is C26H36. The average Bonchev–Trinajstić information content (AvgIpc) is 2.88. The second kappa shape index (κ2) is 5.60. The zero-order valence-corrected chi connectivity index (χ0v) is 17.5. The van der Waals surface area contributed by atoms with Crippen LogP contribution in [-0.4, -0.2) is 0 Å². The summed E-state index contributed by atoms with van der Waals surface area (Å²) in [6.07, 6.45) is 16.0. The van der Waals surface area contributed by atoms with E-state index in [4.69, 9.17) is 0 Å². The number of hydrogen-bond acceptors (Lipinski definition) is 0. The van der Waals surface area contributed by atoms with Gasteiger partial charge in [-0.3, -0.25) is 0 Å². The minimum atomic E-state index is 0.117. The van der Waals surface area contributed by atoms with Crippen LogP contribution in [0.1, 0.15) is 66.7 Å². The van der Waals surface area contributed by atoms with Gasteiger partial charge >= 0.3 is 0 Å². The lowest BCUT2D eigenvalue weighted by molar-refractivity contribution is 0.0469. The van der Waals surface area contributed by atoms with Crippen LogP contribution in [0.2, 0.25) is 0 Å². The highest BCUT2D eigenvalue weighted by Crippen LogP contribution is 2.69. The molecule has 6 atom stereocenters. The summed E-state index contributed by atoms with van der Waals surface area (Å²) in [5.74, 6) is 2.18. The van der Waals surface area contributed by atoms with Crippen molar-refractivity contribution in [2.45, 2.75) is 66.7 Å². The summed E-state index contributed by atoms with van der Waals surface area (Å²) in [6.45, 7) is 21.0. The van der Waals surface area contributed by atoms with Crippen molar-refractivity contribution in [2.24, 2.45) is 34.0 Å². The first-order chi connectivity index (χ1) is 12.2. The maximum atomic E-state index is 4.52. The molecule has 26 heavy (non-hydrogen) atoms. The monoisotopic (exact) mass is 348 g/mol. The largest absolute Gasteiger partial charge is 0.0993 e. The second-order valence-corrected chi connectivity index (χ2v) is 10.2. The third kappa shape index (κ3) is 2.08. The van der Waals surface area contributed by atoms with Gasteiger partial charge in [-0.25, -0.2) is 0 Å². The Hall–Kier alpha value is -1.30. The molecule has 0 heteroatoms. The van der Waals surface area contributed by atoms with Gasteiger partial charge in [0.25, 0.3) is 0 Å². The standard InChI is InChI=1S/C26H36/c1-8-19(4)25(6)13-11-22-20-16-18(3)23-15-17(2)9-12-24(23,5)21(20)10-14-26(22,25)7/h9-10,12,15,18,20,22H,2,4,8,11,13-14,16H2,1,3,5-7H3/t18-,20?,22?,24+,25+,26-/m0/s1. The summed E-state index contributed by atoms with van der Waals surface area (Å²) < 4.78 is 0. The minimum absolute atomic E-state index is 0.117. The average molecular weight is 349 g/mol. The Bertz CT molecular complexity index is 759. The molecule has 0 heterocycles. The molecular weight excluding hydrogens is 312 g/mol. The van der Waals surface area contributed by atoms with Crippen molar-refractivity contribution in [2.75, 3.05) is 0 Å². The van der Waals surface area contributed by atoms with Gasteiger partial charge in [0, 0.05) is 5.41 Å². The summed E-state index contributed by atoms with van der Waals surface area (Å²) in [7, 11) is 0. The molecule has 0 aromatic rings. The highest BCUT2D eigenvalue weighted by molar-refractivity contribution is 5.51. The first kappa shape index (κ1) is 18.1. The second-order valence-electron chi connectivity index (χ2n) is 10.2. The van der Waals surface area contributed by atoms with Gasteiger partial charge in [-0.1, -0.05) is 81.9 Å². The van der Waals surface area contributed by atoms with Crippen molar-refractivity contribution in [1.29, 1.82) is 0 Å². The maximum absolute atomic E-state index is 4.52. The number of fused-ring (bicyclic) bond motifs is 5. The van der Waals surface area contributed by atoms with Gasteiger partial charge < -0.3 is 0 Å². The van der Waals surface area contributed by atoms with Crippen LogP contribution in [-0.2, 0) is 0 Å². The van der Waals surface area contributed by atoms with Gasteiger partial charge in [0.1, 0.15) is 0 Å². The lowest BCUT2D eigenvalue weighted by atomic mass is 9.48. The first-order valence-electron chi connectivity index (χ1n) is 10.7. The van der Waals surface area contributed by atoms with E-state index < -0.39 is 0 Å². The van der Waals surface area contributed by atoms with E-state index in [1.54, 1.807) is 11.1 Å². The van der Waals surface area contributed by atoms with E-state index in [2.05, 4.69) is 72.1 Å². The lowest BCUT2D eigenvalue weighted by Crippen LogP contribution is -2.48. The van der Waals surface area contributed by atoms with Gasteiger partial charge in [0.2, 0.25) is 0 Å². The van der Waals surface area contributed by atoms with E-state index in [9.17, 15) is 0 Å². The number of hydrogen-bond donors (Lipinski definition) is 0. The Morgan fingerprint density at radius 3 is 2.65 bits per heavy atom. The van der Waals surface area contributed by atoms with Gasteiger partial charge in [-0.2, -0.15) is 0 Å². The van der Waals surface area contributed by atoms with E-state index >= 15 is 0 Å². The van der Waals surface area contributed by atoms with Crippen LogP contribution in [0.3, 0.4) is 0 Å². The molecule has 0 bridgehead atoms. The molecule has 0 amide bonds. The Morgan fingerprint density at radius 2 is 1.96 bits per heavy atom. The Kier molecular flexibility index (Phi) is 3.89. The maximum Gasteiger partial charge on any atom is 0.0284 e. The molecule has 0 saturated heterocycles. The Labute approximate surface area is 160 Å². The van der Waals surface area contributed by atoms with Crippen LogP contribution in [0, 0.1) is 34.0 Å². The van der Waals surface area contributed by atoms with Crippen molar-refractivity contribution < 1.29 is 0 Å². The molecule has 4 rings (SSSR count). The molecule has 0 spiro atoms. The molecule has 4 aliphatic rings. The third-order valence-electron chi connectivity index (χ3n) is 9.18. The quantitative estimate of drug-likeness (QED) is 0.455. The molecule has 0 aliphatic heterocycles. The molecule has 2 saturated carbocycles. The predicted molar refractivity (Wildman–Crippen MR) is 113 cm³/mol. The van der Waals surface area contributed by atoms with E-state index in [0.717, 1.165) is 23.8 Å². The minimum Gasteiger partial charge on any atom is -0.0993 e. The van der Waals surface area contributed by atoms with E-state index in [1.165, 1.54) is 31.3 Å². The SMILES string of the molecule is C=C1C=C[C@]2(C)C3=CC[C@@]4(C)C(CC[C@]4(C)C(=C)CC)C3C[C@H](C)C2=C1. The van der Waals surface area contributed by atoms with E-state index in [-0.39, 0.29) is 5.41 Å². The number of rotatable bonds is 2. The van der Waals surface area contributed by atoms with Crippen LogP contribution in [0.5, 0.6) is 0 Å². The van der Waals surface area contributed by atoms with Crippen LogP contribution in [0.25, 0.3) is 0 Å². The predicted octanol–water partition coefficient (Wildman–Crippen LogP) is 7.42. The fourth-order valence-electron chi connectivity index (χ4n) is 7.22. The highest BCUT2D eigenvalue weighted by atomic mass is 14.6. The summed E-state index contributed by atoms with van der Waals surface area (Å²) in [5.41, 5.74) is 6.72. The fraction of sp³-hybridized carbons (Fsp3) is 0.615. The van der Waals surface area contributed by atoms with Crippen LogP contribution in [0.15, 0.2) is 59.8 Å². The van der Waals surface area contributed by atoms with Crippen LogP contribution in [0.4, 0.5) is 0 Å². The van der Waals surface area contributed by atoms with E-state index in [0.29, 0.717) is 16.7 Å². The lowest BCUT2D eigenvalue weighted by Gasteiger charge is -2.56. The molecule has 140 valence electrons. The Morgan fingerprint density at radius 1 is 1.23 bits per heavy atom. The highest BCUT2D eigenvalue weighted by Gasteiger charge is 2.60. The fourth-order valence-corrected chi connectivity index (χ4v) is 7.22. The van der Waals surface area contributed by atoms with Crippen LogP contribution < -0.4 is 0 Å². The van der Waals surface area contributed by atoms with Gasteiger partial charge in [-0.05, 0) is 73.2 Å². The van der Waals surface area contributed by atoms with Gasteiger partial charge in [0.15, 0.2) is 0 Å². The van der Waals surface area contributed by atoms with Gasteiger partial charge in [0.05, 0.1) is 0 Å². The van der Waals surface area contributed by atoms with E-state index in [1.807, 2.05) is 0 Å². The summed E-state index contributed by atoms with van der Waals surface area (Å²) in [6, 6.07) is 0. The molecule has 0 aromatic heterocycles.